The summed E-state index contributed by atoms with van der Waals surface area (Å²) in [6.45, 7) is 4.05. The second kappa shape index (κ2) is 5.96. The number of aryl methyl sites for hydroxylation is 1. The number of hydrogen-bond acceptors (Lipinski definition) is 3. The molecule has 1 unspecified atom stereocenters. The molecule has 0 saturated carbocycles. The second-order valence-corrected chi connectivity index (χ2v) is 4.73. The van der Waals surface area contributed by atoms with Gasteiger partial charge < -0.3 is 4.74 Å². The SMILES string of the molecule is CCc1nc(CC(C)OC)nc(Cl)c1I. The third-order valence-electron chi connectivity index (χ3n) is 2.13. The van der Waals surface area contributed by atoms with Crippen LogP contribution in [0.1, 0.15) is 25.4 Å². The van der Waals surface area contributed by atoms with Crippen LogP contribution in [-0.4, -0.2) is 23.2 Å². The van der Waals surface area contributed by atoms with Crippen LogP contribution in [0.25, 0.3) is 0 Å². The van der Waals surface area contributed by atoms with E-state index in [1.807, 2.05) is 6.92 Å². The van der Waals surface area contributed by atoms with Crippen molar-refractivity contribution in [1.82, 2.24) is 9.97 Å². The van der Waals surface area contributed by atoms with Gasteiger partial charge in [0.2, 0.25) is 0 Å². The van der Waals surface area contributed by atoms with Gasteiger partial charge in [0.1, 0.15) is 11.0 Å². The minimum absolute atomic E-state index is 0.117. The van der Waals surface area contributed by atoms with Crippen molar-refractivity contribution in [3.63, 3.8) is 0 Å². The number of ether oxygens (including phenoxy) is 1. The van der Waals surface area contributed by atoms with Gasteiger partial charge in [-0.2, -0.15) is 0 Å². The Kier molecular flexibility index (Phi) is 5.22. The number of halogens is 2. The topological polar surface area (TPSA) is 35.0 Å². The summed E-state index contributed by atoms with van der Waals surface area (Å²) in [4.78, 5) is 8.69. The van der Waals surface area contributed by atoms with Gasteiger partial charge in [0.15, 0.2) is 0 Å². The summed E-state index contributed by atoms with van der Waals surface area (Å²) < 4.78 is 6.12. The summed E-state index contributed by atoms with van der Waals surface area (Å²) in [5, 5.41) is 0.542. The average molecular weight is 341 g/mol. The van der Waals surface area contributed by atoms with Gasteiger partial charge in [-0.05, 0) is 35.9 Å². The summed E-state index contributed by atoms with van der Waals surface area (Å²) in [5.74, 6) is 0.756. The molecule has 1 rings (SSSR count). The van der Waals surface area contributed by atoms with Crippen molar-refractivity contribution < 1.29 is 4.74 Å². The third kappa shape index (κ3) is 3.53. The summed E-state index contributed by atoms with van der Waals surface area (Å²) in [5.41, 5.74) is 1.01. The zero-order valence-electron chi connectivity index (χ0n) is 9.05. The Labute approximate surface area is 109 Å². The zero-order chi connectivity index (χ0) is 11.4. The van der Waals surface area contributed by atoms with E-state index < -0.39 is 0 Å². The van der Waals surface area contributed by atoms with Gasteiger partial charge in [-0.3, -0.25) is 0 Å². The highest BCUT2D eigenvalue weighted by atomic mass is 127. The van der Waals surface area contributed by atoms with Crippen LogP contribution >= 0.6 is 34.2 Å². The number of hydrogen-bond donors (Lipinski definition) is 0. The number of nitrogens with zero attached hydrogens (tertiary/aromatic N) is 2. The van der Waals surface area contributed by atoms with Crippen molar-refractivity contribution in [1.29, 1.82) is 0 Å². The number of rotatable bonds is 4. The van der Waals surface area contributed by atoms with Crippen LogP contribution in [0.2, 0.25) is 5.15 Å². The lowest BCUT2D eigenvalue weighted by Crippen LogP contribution is -2.13. The summed E-state index contributed by atoms with van der Waals surface area (Å²) in [6, 6.07) is 0. The monoisotopic (exact) mass is 340 g/mol. The molecule has 0 aliphatic rings. The third-order valence-corrected chi connectivity index (χ3v) is 3.86. The molecule has 0 aliphatic heterocycles. The molecule has 0 saturated heterocycles. The molecule has 1 heterocycles. The van der Waals surface area contributed by atoms with Crippen LogP contribution in [0.5, 0.6) is 0 Å². The molecule has 0 aromatic carbocycles. The van der Waals surface area contributed by atoms with Gasteiger partial charge in [0, 0.05) is 13.5 Å². The van der Waals surface area contributed by atoms with E-state index >= 15 is 0 Å². The van der Waals surface area contributed by atoms with E-state index in [-0.39, 0.29) is 6.10 Å². The van der Waals surface area contributed by atoms with Crippen molar-refractivity contribution in [2.75, 3.05) is 7.11 Å². The standard InChI is InChI=1S/C10H14ClIN2O/c1-4-7-9(12)10(11)14-8(13-7)5-6(2)15-3/h6H,4-5H2,1-3H3. The van der Waals surface area contributed by atoms with Crippen LogP contribution in [0.15, 0.2) is 0 Å². The summed E-state index contributed by atoms with van der Waals surface area (Å²) in [6.07, 6.45) is 1.68. The van der Waals surface area contributed by atoms with Gasteiger partial charge in [0.25, 0.3) is 0 Å². The molecule has 1 aromatic rings. The first kappa shape index (κ1) is 13.1. The number of methoxy groups -OCH3 is 1. The smallest absolute Gasteiger partial charge is 0.146 e. The summed E-state index contributed by atoms with van der Waals surface area (Å²) >= 11 is 8.20. The minimum atomic E-state index is 0.117. The Bertz CT molecular complexity index is 346. The first-order valence-electron chi connectivity index (χ1n) is 4.82. The molecule has 0 spiro atoms. The second-order valence-electron chi connectivity index (χ2n) is 3.30. The maximum absolute atomic E-state index is 6.02. The minimum Gasteiger partial charge on any atom is -0.381 e. The molecule has 1 atom stereocenters. The Morgan fingerprint density at radius 2 is 2.13 bits per heavy atom. The molecule has 0 aliphatic carbocycles. The highest BCUT2D eigenvalue weighted by Crippen LogP contribution is 2.20. The van der Waals surface area contributed by atoms with Gasteiger partial charge in [-0.15, -0.1) is 0 Å². The van der Waals surface area contributed by atoms with Gasteiger partial charge in [-0.25, -0.2) is 9.97 Å². The van der Waals surface area contributed by atoms with Crippen molar-refractivity contribution >= 4 is 34.2 Å². The lowest BCUT2D eigenvalue weighted by Gasteiger charge is -2.10. The molecule has 84 valence electrons. The van der Waals surface area contributed by atoms with Crippen LogP contribution in [0.4, 0.5) is 0 Å². The van der Waals surface area contributed by atoms with Gasteiger partial charge >= 0.3 is 0 Å². The molecule has 0 N–H and O–H groups in total. The van der Waals surface area contributed by atoms with Crippen molar-refractivity contribution in [3.8, 4) is 0 Å². The van der Waals surface area contributed by atoms with Gasteiger partial charge in [0.05, 0.1) is 15.4 Å². The highest BCUT2D eigenvalue weighted by Gasteiger charge is 2.11. The van der Waals surface area contributed by atoms with E-state index in [0.717, 1.165) is 21.5 Å². The molecule has 0 fully saturated rings. The predicted octanol–water partition coefficient (Wildman–Crippen LogP) is 2.87. The molecule has 5 heteroatoms. The Hall–Kier alpha value is 0.0600. The Balaban J connectivity index is 2.95. The van der Waals surface area contributed by atoms with E-state index in [0.29, 0.717) is 11.6 Å². The molecular weight excluding hydrogens is 326 g/mol. The fourth-order valence-corrected chi connectivity index (χ4v) is 2.01. The highest BCUT2D eigenvalue weighted by molar-refractivity contribution is 14.1. The normalized spacial score (nSPS) is 12.9. The van der Waals surface area contributed by atoms with Crippen molar-refractivity contribution in [3.05, 3.63) is 20.2 Å². The van der Waals surface area contributed by atoms with E-state index in [1.165, 1.54) is 0 Å². The maximum Gasteiger partial charge on any atom is 0.146 e. The maximum atomic E-state index is 6.02. The zero-order valence-corrected chi connectivity index (χ0v) is 12.0. The Morgan fingerprint density at radius 3 is 2.67 bits per heavy atom. The van der Waals surface area contributed by atoms with E-state index in [9.17, 15) is 0 Å². The molecule has 0 amide bonds. The fourth-order valence-electron chi connectivity index (χ4n) is 1.18. The van der Waals surface area contributed by atoms with Crippen LogP contribution < -0.4 is 0 Å². The summed E-state index contributed by atoms with van der Waals surface area (Å²) in [7, 11) is 1.68. The average Bonchev–Trinajstić information content (AvgIpc) is 2.22. The molecule has 0 radical (unpaired) electrons. The quantitative estimate of drug-likeness (QED) is 0.624. The lowest BCUT2D eigenvalue weighted by atomic mass is 10.2. The molecular formula is C10H14ClIN2O. The predicted molar refractivity (Wildman–Crippen MR) is 69.3 cm³/mol. The lowest BCUT2D eigenvalue weighted by molar-refractivity contribution is 0.117. The van der Waals surface area contributed by atoms with Crippen LogP contribution in [-0.2, 0) is 17.6 Å². The van der Waals surface area contributed by atoms with Crippen LogP contribution in [0, 0.1) is 3.57 Å². The molecule has 15 heavy (non-hydrogen) atoms. The number of aromatic nitrogens is 2. The van der Waals surface area contributed by atoms with E-state index in [2.05, 4.69) is 39.5 Å². The first-order chi connectivity index (χ1) is 7.08. The van der Waals surface area contributed by atoms with Crippen molar-refractivity contribution in [2.45, 2.75) is 32.8 Å². The van der Waals surface area contributed by atoms with E-state index in [4.69, 9.17) is 16.3 Å². The van der Waals surface area contributed by atoms with Crippen molar-refractivity contribution in [2.24, 2.45) is 0 Å². The fraction of sp³-hybridized carbons (Fsp3) is 0.600. The molecule has 3 nitrogen and oxygen atoms in total. The largest absolute Gasteiger partial charge is 0.381 e. The van der Waals surface area contributed by atoms with Crippen LogP contribution in [0.3, 0.4) is 0 Å². The van der Waals surface area contributed by atoms with Gasteiger partial charge in [-0.1, -0.05) is 18.5 Å². The molecule has 1 aromatic heterocycles. The van der Waals surface area contributed by atoms with E-state index in [1.54, 1.807) is 7.11 Å². The molecule has 0 bridgehead atoms. The first-order valence-corrected chi connectivity index (χ1v) is 6.27. The Morgan fingerprint density at radius 1 is 1.47 bits per heavy atom.